The van der Waals surface area contributed by atoms with E-state index >= 15 is 0 Å². The van der Waals surface area contributed by atoms with Crippen LogP contribution in [0.5, 0.6) is 11.5 Å². The molecule has 2 aromatic carbocycles. The van der Waals surface area contributed by atoms with Crippen LogP contribution in [0.2, 0.25) is 0 Å². The zero-order valence-electron chi connectivity index (χ0n) is 16.2. The van der Waals surface area contributed by atoms with E-state index in [1.165, 1.54) is 19.2 Å². The molecule has 1 aliphatic rings. The van der Waals surface area contributed by atoms with Gasteiger partial charge in [0.2, 0.25) is 10.0 Å². The molecule has 0 spiro atoms. The van der Waals surface area contributed by atoms with E-state index < -0.39 is 19.9 Å². The molecule has 28 heavy (non-hydrogen) atoms. The summed E-state index contributed by atoms with van der Waals surface area (Å²) in [5, 5.41) is -0.365. The molecular weight excluding hydrogens is 398 g/mol. The van der Waals surface area contributed by atoms with Gasteiger partial charge in [0, 0.05) is 6.07 Å². The van der Waals surface area contributed by atoms with Gasteiger partial charge in [0.1, 0.15) is 11.5 Å². The van der Waals surface area contributed by atoms with E-state index in [4.69, 9.17) is 4.74 Å². The van der Waals surface area contributed by atoms with Crippen LogP contribution in [0.3, 0.4) is 0 Å². The molecule has 0 amide bonds. The first kappa shape index (κ1) is 20.8. The lowest BCUT2D eigenvalue weighted by molar-refractivity contribution is 0.480. The number of sulfone groups is 1. The van der Waals surface area contributed by atoms with E-state index in [0.717, 1.165) is 17.5 Å². The Balaban J connectivity index is 1.75. The standard InChI is InChI=1S/C20H25NO5S2/c1-14(2)27(22,23)13-15-9-16-7-8-19(11-17(16)10-15)26-18-5-4-6-20(12-18)28(24,25)21-3/h4-8,11-12,14-15,21H,9-10,13H2,1-3H3/t15-/m1/s1. The monoisotopic (exact) mass is 423 g/mol. The number of ether oxygens (including phenoxy) is 1. The van der Waals surface area contributed by atoms with Crippen molar-refractivity contribution in [2.45, 2.75) is 36.8 Å². The van der Waals surface area contributed by atoms with Crippen LogP contribution in [0, 0.1) is 5.92 Å². The van der Waals surface area contributed by atoms with Gasteiger partial charge in [0.15, 0.2) is 9.84 Å². The number of rotatable bonds is 7. The van der Waals surface area contributed by atoms with Crippen LogP contribution >= 0.6 is 0 Å². The Morgan fingerprint density at radius 3 is 2.36 bits per heavy atom. The lowest BCUT2D eigenvalue weighted by Crippen LogP contribution is -2.23. The molecule has 1 aliphatic carbocycles. The van der Waals surface area contributed by atoms with Crippen molar-refractivity contribution >= 4 is 19.9 Å². The number of sulfonamides is 1. The van der Waals surface area contributed by atoms with Gasteiger partial charge >= 0.3 is 0 Å². The van der Waals surface area contributed by atoms with Gasteiger partial charge in [-0.3, -0.25) is 0 Å². The van der Waals surface area contributed by atoms with Crippen LogP contribution in [-0.2, 0) is 32.7 Å². The quantitative estimate of drug-likeness (QED) is 0.740. The summed E-state index contributed by atoms with van der Waals surface area (Å²) in [6.45, 7) is 3.43. The van der Waals surface area contributed by atoms with Crippen LogP contribution in [0.1, 0.15) is 25.0 Å². The molecule has 1 atom stereocenters. The zero-order chi connectivity index (χ0) is 20.5. The number of fused-ring (bicyclic) bond motifs is 1. The van der Waals surface area contributed by atoms with Gasteiger partial charge in [-0.15, -0.1) is 0 Å². The second-order valence-electron chi connectivity index (χ2n) is 7.37. The van der Waals surface area contributed by atoms with Gasteiger partial charge in [-0.1, -0.05) is 12.1 Å². The Bertz CT molecular complexity index is 1080. The Hall–Kier alpha value is -1.90. The largest absolute Gasteiger partial charge is 0.457 e. The highest BCUT2D eigenvalue weighted by Crippen LogP contribution is 2.33. The molecule has 8 heteroatoms. The molecule has 0 saturated heterocycles. The summed E-state index contributed by atoms with van der Waals surface area (Å²) >= 11 is 0. The summed E-state index contributed by atoms with van der Waals surface area (Å²) < 4.78 is 56.4. The van der Waals surface area contributed by atoms with E-state index in [0.29, 0.717) is 17.9 Å². The molecule has 3 rings (SSSR count). The van der Waals surface area contributed by atoms with Crippen molar-refractivity contribution in [2.24, 2.45) is 5.92 Å². The highest BCUT2D eigenvalue weighted by atomic mass is 32.2. The van der Waals surface area contributed by atoms with Crippen molar-refractivity contribution in [3.05, 3.63) is 53.6 Å². The summed E-state index contributed by atoms with van der Waals surface area (Å²) in [7, 11) is -5.25. The summed E-state index contributed by atoms with van der Waals surface area (Å²) in [5.74, 6) is 1.31. The second kappa shape index (κ2) is 7.85. The Morgan fingerprint density at radius 2 is 1.68 bits per heavy atom. The Kier molecular flexibility index (Phi) is 5.84. The predicted molar refractivity (Wildman–Crippen MR) is 109 cm³/mol. The van der Waals surface area contributed by atoms with Gasteiger partial charge in [0.05, 0.1) is 15.9 Å². The minimum Gasteiger partial charge on any atom is -0.457 e. The Labute approximate surface area is 166 Å². The van der Waals surface area contributed by atoms with Gasteiger partial charge < -0.3 is 4.74 Å². The highest BCUT2D eigenvalue weighted by molar-refractivity contribution is 7.92. The molecule has 0 unspecified atom stereocenters. The van der Waals surface area contributed by atoms with E-state index in [-0.39, 0.29) is 21.8 Å². The fourth-order valence-electron chi connectivity index (χ4n) is 3.35. The molecule has 1 N–H and O–H groups in total. The fourth-order valence-corrected chi connectivity index (χ4v) is 5.39. The molecule has 6 nitrogen and oxygen atoms in total. The second-order valence-corrected chi connectivity index (χ2v) is 11.9. The topological polar surface area (TPSA) is 89.5 Å². The summed E-state index contributed by atoms with van der Waals surface area (Å²) in [6, 6.07) is 12.0. The van der Waals surface area contributed by atoms with E-state index in [9.17, 15) is 16.8 Å². The highest BCUT2D eigenvalue weighted by Gasteiger charge is 2.28. The predicted octanol–water partition coefficient (Wildman–Crippen LogP) is 2.93. The maximum atomic E-state index is 12.2. The van der Waals surface area contributed by atoms with Crippen molar-refractivity contribution < 1.29 is 21.6 Å². The summed E-state index contributed by atoms with van der Waals surface area (Å²) in [6.07, 6.45) is 1.45. The van der Waals surface area contributed by atoms with Crippen LogP contribution in [-0.4, -0.2) is 34.9 Å². The Morgan fingerprint density at radius 1 is 1.00 bits per heavy atom. The molecule has 0 saturated carbocycles. The lowest BCUT2D eigenvalue weighted by atomic mass is 10.1. The SMILES string of the molecule is CNS(=O)(=O)c1cccc(Oc2ccc3c(c2)C[C@H](CS(=O)(=O)C(C)C)C3)c1. The van der Waals surface area contributed by atoms with Crippen molar-refractivity contribution in [1.29, 1.82) is 0 Å². The molecule has 0 heterocycles. The molecule has 2 aromatic rings. The normalized spacial score (nSPS) is 16.9. The van der Waals surface area contributed by atoms with Crippen LogP contribution in [0.15, 0.2) is 47.4 Å². The van der Waals surface area contributed by atoms with E-state index in [1.807, 2.05) is 18.2 Å². The van der Waals surface area contributed by atoms with Crippen LogP contribution in [0.4, 0.5) is 0 Å². The first-order chi connectivity index (χ1) is 13.1. The summed E-state index contributed by atoms with van der Waals surface area (Å²) in [5.41, 5.74) is 2.23. The van der Waals surface area contributed by atoms with Crippen molar-refractivity contribution in [3.63, 3.8) is 0 Å². The number of hydrogen-bond acceptors (Lipinski definition) is 5. The van der Waals surface area contributed by atoms with E-state index in [1.54, 1.807) is 26.0 Å². The van der Waals surface area contributed by atoms with Crippen molar-refractivity contribution in [3.8, 4) is 11.5 Å². The van der Waals surface area contributed by atoms with Crippen LogP contribution < -0.4 is 9.46 Å². The molecule has 152 valence electrons. The molecular formula is C20H25NO5S2. The third-order valence-corrected chi connectivity index (χ3v) is 8.79. The third-order valence-electron chi connectivity index (χ3n) is 5.00. The number of nitrogens with one attached hydrogen (secondary N) is 1. The molecule has 0 radical (unpaired) electrons. The molecule has 0 aliphatic heterocycles. The fraction of sp³-hybridized carbons (Fsp3) is 0.400. The van der Waals surface area contributed by atoms with Gasteiger partial charge in [-0.05, 0) is 75.0 Å². The first-order valence-electron chi connectivity index (χ1n) is 9.15. The average molecular weight is 424 g/mol. The number of benzene rings is 2. The van der Waals surface area contributed by atoms with Crippen molar-refractivity contribution in [1.82, 2.24) is 4.72 Å². The van der Waals surface area contributed by atoms with E-state index in [2.05, 4.69) is 4.72 Å². The number of hydrogen-bond donors (Lipinski definition) is 1. The maximum Gasteiger partial charge on any atom is 0.240 e. The smallest absolute Gasteiger partial charge is 0.240 e. The van der Waals surface area contributed by atoms with Crippen molar-refractivity contribution in [2.75, 3.05) is 12.8 Å². The van der Waals surface area contributed by atoms with Gasteiger partial charge in [-0.25, -0.2) is 21.6 Å². The molecule has 0 fully saturated rings. The lowest BCUT2D eigenvalue weighted by Gasteiger charge is -2.12. The minimum atomic E-state index is -3.54. The van der Waals surface area contributed by atoms with Gasteiger partial charge in [0.25, 0.3) is 0 Å². The third kappa shape index (κ3) is 4.56. The average Bonchev–Trinajstić information content (AvgIpc) is 3.02. The minimum absolute atomic E-state index is 0.0850. The maximum absolute atomic E-state index is 12.2. The molecule has 0 aromatic heterocycles. The first-order valence-corrected chi connectivity index (χ1v) is 12.4. The van der Waals surface area contributed by atoms with Gasteiger partial charge in [-0.2, -0.15) is 0 Å². The zero-order valence-corrected chi connectivity index (χ0v) is 17.8. The molecule has 0 bridgehead atoms. The van der Waals surface area contributed by atoms with Crippen LogP contribution in [0.25, 0.3) is 0 Å². The summed E-state index contributed by atoms with van der Waals surface area (Å²) in [4.78, 5) is 0.132.